The number of thiazole rings is 1. The van der Waals surface area contributed by atoms with Gasteiger partial charge in [0.1, 0.15) is 12.4 Å². The highest BCUT2D eigenvalue weighted by molar-refractivity contribution is 7.07. The van der Waals surface area contributed by atoms with Crippen molar-refractivity contribution < 1.29 is 14.6 Å². The van der Waals surface area contributed by atoms with E-state index in [-0.39, 0.29) is 18.6 Å². The predicted octanol–water partition coefficient (Wildman–Crippen LogP) is 3.10. The molecule has 0 spiro atoms. The van der Waals surface area contributed by atoms with E-state index in [1.807, 2.05) is 28.5 Å². The SMILES string of the molecule is O=C(c1cccc(OCc2cscn2)c1)N1CCCCC1CCO. The van der Waals surface area contributed by atoms with E-state index in [2.05, 4.69) is 4.98 Å². The third kappa shape index (κ3) is 4.13. The zero-order chi connectivity index (χ0) is 16.8. The van der Waals surface area contributed by atoms with Crippen molar-refractivity contribution in [3.8, 4) is 5.75 Å². The van der Waals surface area contributed by atoms with Gasteiger partial charge in [-0.3, -0.25) is 4.79 Å². The molecular weight excluding hydrogens is 324 g/mol. The molecule has 0 saturated carbocycles. The van der Waals surface area contributed by atoms with Gasteiger partial charge in [-0.2, -0.15) is 0 Å². The second-order valence-corrected chi connectivity index (χ2v) is 6.68. The van der Waals surface area contributed by atoms with Crippen LogP contribution in [-0.2, 0) is 6.61 Å². The van der Waals surface area contributed by atoms with Crippen LogP contribution in [0.4, 0.5) is 0 Å². The highest BCUT2D eigenvalue weighted by Gasteiger charge is 2.27. The Morgan fingerprint density at radius 1 is 1.42 bits per heavy atom. The maximum absolute atomic E-state index is 12.8. The highest BCUT2D eigenvalue weighted by atomic mass is 32.1. The van der Waals surface area contributed by atoms with Gasteiger partial charge in [-0.25, -0.2) is 4.98 Å². The van der Waals surface area contributed by atoms with E-state index < -0.39 is 0 Å². The van der Waals surface area contributed by atoms with Crippen LogP contribution < -0.4 is 4.74 Å². The molecule has 1 aliphatic rings. The third-order valence-corrected chi connectivity index (χ3v) is 4.94. The fraction of sp³-hybridized carbons (Fsp3) is 0.444. The van der Waals surface area contributed by atoms with Crippen LogP contribution in [-0.4, -0.2) is 40.1 Å². The van der Waals surface area contributed by atoms with Gasteiger partial charge in [0.15, 0.2) is 0 Å². The molecule has 1 saturated heterocycles. The summed E-state index contributed by atoms with van der Waals surface area (Å²) in [4.78, 5) is 18.9. The summed E-state index contributed by atoms with van der Waals surface area (Å²) in [5.41, 5.74) is 3.29. The molecule has 0 aliphatic carbocycles. The van der Waals surface area contributed by atoms with E-state index in [9.17, 15) is 9.90 Å². The monoisotopic (exact) mass is 346 g/mol. The van der Waals surface area contributed by atoms with Crippen LogP contribution in [0.15, 0.2) is 35.2 Å². The molecule has 5 nitrogen and oxygen atoms in total. The van der Waals surface area contributed by atoms with Crippen molar-refractivity contribution in [1.29, 1.82) is 0 Å². The zero-order valence-electron chi connectivity index (χ0n) is 13.6. The van der Waals surface area contributed by atoms with Crippen molar-refractivity contribution >= 4 is 17.2 Å². The molecule has 1 amide bonds. The summed E-state index contributed by atoms with van der Waals surface area (Å²) in [6.45, 7) is 1.27. The number of hydrogen-bond acceptors (Lipinski definition) is 5. The van der Waals surface area contributed by atoms with Crippen molar-refractivity contribution in [2.75, 3.05) is 13.2 Å². The van der Waals surface area contributed by atoms with Gasteiger partial charge in [0, 0.05) is 30.1 Å². The number of carbonyl (C=O) groups is 1. The highest BCUT2D eigenvalue weighted by Crippen LogP contribution is 2.23. The number of hydrogen-bond donors (Lipinski definition) is 1. The molecule has 2 heterocycles. The first-order valence-electron chi connectivity index (χ1n) is 8.29. The largest absolute Gasteiger partial charge is 0.487 e. The Labute approximate surface area is 145 Å². The Morgan fingerprint density at radius 3 is 3.12 bits per heavy atom. The number of nitrogens with zero attached hydrogens (tertiary/aromatic N) is 2. The van der Waals surface area contributed by atoms with E-state index in [0.29, 0.717) is 24.3 Å². The summed E-state index contributed by atoms with van der Waals surface area (Å²) in [5.74, 6) is 0.692. The molecule has 1 unspecified atom stereocenters. The maximum Gasteiger partial charge on any atom is 0.254 e. The van der Waals surface area contributed by atoms with Crippen molar-refractivity contribution in [3.63, 3.8) is 0 Å². The Morgan fingerprint density at radius 2 is 2.33 bits per heavy atom. The van der Waals surface area contributed by atoms with Crippen LogP contribution in [0.25, 0.3) is 0 Å². The number of rotatable bonds is 6. The molecule has 6 heteroatoms. The molecule has 2 aromatic rings. The molecule has 0 radical (unpaired) electrons. The summed E-state index contributed by atoms with van der Waals surface area (Å²) >= 11 is 1.53. The number of carbonyl (C=O) groups excluding carboxylic acids is 1. The first-order valence-corrected chi connectivity index (χ1v) is 9.24. The molecular formula is C18H22N2O3S. The minimum atomic E-state index is 0.0206. The van der Waals surface area contributed by atoms with Crippen LogP contribution in [0, 0.1) is 0 Å². The van der Waals surface area contributed by atoms with Crippen LogP contribution in [0.5, 0.6) is 5.75 Å². The van der Waals surface area contributed by atoms with E-state index in [4.69, 9.17) is 4.74 Å². The first kappa shape index (κ1) is 16.9. The number of likely N-dealkylation sites (tertiary alicyclic amines) is 1. The second-order valence-electron chi connectivity index (χ2n) is 5.96. The quantitative estimate of drug-likeness (QED) is 0.873. The Hall–Kier alpha value is -1.92. The van der Waals surface area contributed by atoms with Gasteiger partial charge in [-0.1, -0.05) is 6.07 Å². The Balaban J connectivity index is 1.68. The van der Waals surface area contributed by atoms with E-state index in [1.54, 1.807) is 11.6 Å². The number of amides is 1. The topological polar surface area (TPSA) is 62.7 Å². The van der Waals surface area contributed by atoms with Gasteiger partial charge in [-0.05, 0) is 43.9 Å². The predicted molar refractivity (Wildman–Crippen MR) is 93.3 cm³/mol. The summed E-state index contributed by atoms with van der Waals surface area (Å²) in [6.07, 6.45) is 3.75. The van der Waals surface area contributed by atoms with Gasteiger partial charge < -0.3 is 14.7 Å². The number of piperidine rings is 1. The van der Waals surface area contributed by atoms with Gasteiger partial charge in [-0.15, -0.1) is 11.3 Å². The van der Waals surface area contributed by atoms with E-state index >= 15 is 0 Å². The molecule has 1 N–H and O–H groups in total. The number of aliphatic hydroxyl groups is 1. The minimum Gasteiger partial charge on any atom is -0.487 e. The standard InChI is InChI=1S/C18H22N2O3S/c21-9-7-16-5-1-2-8-20(16)18(22)14-4-3-6-17(10-14)23-11-15-12-24-13-19-15/h3-4,6,10,12-13,16,21H,1-2,5,7-9,11H2. The second kappa shape index (κ2) is 8.26. The number of benzene rings is 1. The number of aliphatic hydroxyl groups excluding tert-OH is 1. The van der Waals surface area contributed by atoms with Crippen LogP contribution in [0.3, 0.4) is 0 Å². The fourth-order valence-corrected chi connectivity index (χ4v) is 3.61. The molecule has 1 aliphatic heterocycles. The summed E-state index contributed by atoms with van der Waals surface area (Å²) in [7, 11) is 0. The zero-order valence-corrected chi connectivity index (χ0v) is 14.4. The molecule has 24 heavy (non-hydrogen) atoms. The van der Waals surface area contributed by atoms with Crippen LogP contribution in [0.2, 0.25) is 0 Å². The number of aromatic nitrogens is 1. The van der Waals surface area contributed by atoms with Crippen molar-refractivity contribution in [2.45, 2.75) is 38.3 Å². The molecule has 0 bridgehead atoms. The van der Waals surface area contributed by atoms with Gasteiger partial charge >= 0.3 is 0 Å². The maximum atomic E-state index is 12.8. The minimum absolute atomic E-state index is 0.0206. The first-order chi connectivity index (χ1) is 11.8. The van der Waals surface area contributed by atoms with Crippen LogP contribution >= 0.6 is 11.3 Å². The lowest BCUT2D eigenvalue weighted by atomic mass is 9.98. The Bertz CT molecular complexity index is 658. The van der Waals surface area contributed by atoms with Crippen molar-refractivity contribution in [3.05, 3.63) is 46.4 Å². The molecule has 3 rings (SSSR count). The third-order valence-electron chi connectivity index (χ3n) is 4.30. The average molecular weight is 346 g/mol. The molecule has 128 valence electrons. The lowest BCUT2D eigenvalue weighted by Crippen LogP contribution is -2.44. The lowest BCUT2D eigenvalue weighted by molar-refractivity contribution is 0.0574. The normalized spacial score (nSPS) is 17.7. The summed E-state index contributed by atoms with van der Waals surface area (Å²) < 4.78 is 5.74. The van der Waals surface area contributed by atoms with Gasteiger partial charge in [0.2, 0.25) is 0 Å². The number of ether oxygens (including phenoxy) is 1. The molecule has 1 aromatic carbocycles. The fourth-order valence-electron chi connectivity index (χ4n) is 3.07. The van der Waals surface area contributed by atoms with Crippen LogP contribution in [0.1, 0.15) is 41.7 Å². The van der Waals surface area contributed by atoms with Gasteiger partial charge in [0.25, 0.3) is 5.91 Å². The van der Waals surface area contributed by atoms with E-state index in [1.165, 1.54) is 11.3 Å². The smallest absolute Gasteiger partial charge is 0.254 e. The molecule has 1 fully saturated rings. The van der Waals surface area contributed by atoms with Gasteiger partial charge in [0.05, 0.1) is 11.2 Å². The average Bonchev–Trinajstić information content (AvgIpc) is 3.14. The summed E-state index contributed by atoms with van der Waals surface area (Å²) in [6, 6.07) is 7.44. The molecule has 1 atom stereocenters. The van der Waals surface area contributed by atoms with E-state index in [0.717, 1.165) is 31.5 Å². The Kier molecular flexibility index (Phi) is 5.82. The lowest BCUT2D eigenvalue weighted by Gasteiger charge is -2.35. The van der Waals surface area contributed by atoms with Crippen molar-refractivity contribution in [1.82, 2.24) is 9.88 Å². The summed E-state index contributed by atoms with van der Waals surface area (Å²) in [5, 5.41) is 11.2. The molecule has 1 aromatic heterocycles. The van der Waals surface area contributed by atoms with Crippen molar-refractivity contribution in [2.24, 2.45) is 0 Å².